The van der Waals surface area contributed by atoms with E-state index in [0.717, 1.165) is 37.7 Å². The molecule has 3 N–H and O–H groups in total. The normalized spacial score (nSPS) is 14.9. The molecule has 0 aliphatic carbocycles. The Morgan fingerprint density at radius 3 is 2.56 bits per heavy atom. The number of benzene rings is 2. The number of halogens is 2. The molecule has 0 spiro atoms. The maximum atomic E-state index is 12.9. The van der Waals surface area contributed by atoms with Crippen molar-refractivity contribution in [2.24, 2.45) is 0 Å². The molecule has 1 heterocycles. The minimum atomic E-state index is -0.322. The van der Waals surface area contributed by atoms with Gasteiger partial charge in [-0.2, -0.15) is 0 Å². The summed E-state index contributed by atoms with van der Waals surface area (Å²) in [7, 11) is 0. The largest absolute Gasteiger partial charge is 0.360 e. The molecule has 0 aromatic heterocycles. The lowest BCUT2D eigenvalue weighted by molar-refractivity contribution is -0.899. The van der Waals surface area contributed by atoms with E-state index < -0.39 is 0 Å². The van der Waals surface area contributed by atoms with Crippen LogP contribution in [-0.2, 0) is 0 Å². The van der Waals surface area contributed by atoms with Crippen LogP contribution in [0.4, 0.5) is 20.6 Å². The molecular formula is C20H25ClFN4O+. The van der Waals surface area contributed by atoms with Crippen LogP contribution < -0.4 is 20.4 Å². The average Bonchev–Trinajstić information content (AvgIpc) is 2.64. The molecule has 0 bridgehead atoms. The van der Waals surface area contributed by atoms with Crippen LogP contribution in [0.5, 0.6) is 0 Å². The standard InChI is InChI=1S/C20H24ClFN4O/c1-15-14-16(21)2-7-19(15)26-12-10-25(11-13-26)9-8-23-20(27)24-18-5-3-17(22)4-6-18/h2-7,14H,8-13H2,1H3,(H2,23,24,27)/p+1. The molecule has 0 unspecified atom stereocenters. The third kappa shape index (κ3) is 5.58. The highest BCUT2D eigenvalue weighted by Gasteiger charge is 2.21. The number of nitrogens with one attached hydrogen (secondary N) is 3. The Kier molecular flexibility index (Phi) is 6.53. The molecule has 7 heteroatoms. The summed E-state index contributed by atoms with van der Waals surface area (Å²) in [5.74, 6) is -0.322. The number of piperazine rings is 1. The van der Waals surface area contributed by atoms with Crippen LogP contribution in [0, 0.1) is 12.7 Å². The van der Waals surface area contributed by atoms with Gasteiger partial charge in [0, 0.05) is 16.4 Å². The lowest BCUT2D eigenvalue weighted by Crippen LogP contribution is -3.15. The number of hydrogen-bond acceptors (Lipinski definition) is 2. The Morgan fingerprint density at radius 1 is 1.19 bits per heavy atom. The highest BCUT2D eigenvalue weighted by atomic mass is 35.5. The van der Waals surface area contributed by atoms with Gasteiger partial charge < -0.3 is 20.4 Å². The van der Waals surface area contributed by atoms with Gasteiger partial charge in [-0.3, -0.25) is 0 Å². The number of nitrogens with zero attached hydrogens (tertiary/aromatic N) is 1. The van der Waals surface area contributed by atoms with Crippen molar-refractivity contribution in [2.75, 3.05) is 49.5 Å². The van der Waals surface area contributed by atoms with E-state index in [1.54, 1.807) is 0 Å². The van der Waals surface area contributed by atoms with Gasteiger partial charge in [-0.05, 0) is 55.0 Å². The number of hydrogen-bond donors (Lipinski definition) is 3. The Hall–Kier alpha value is -2.31. The van der Waals surface area contributed by atoms with Crippen molar-refractivity contribution in [2.45, 2.75) is 6.92 Å². The summed E-state index contributed by atoms with van der Waals surface area (Å²) in [6, 6.07) is 11.5. The fourth-order valence-corrected chi connectivity index (χ4v) is 3.58. The van der Waals surface area contributed by atoms with Crippen molar-refractivity contribution >= 4 is 29.0 Å². The van der Waals surface area contributed by atoms with E-state index in [-0.39, 0.29) is 11.8 Å². The molecule has 1 fully saturated rings. The third-order valence-electron chi connectivity index (χ3n) is 4.84. The predicted molar refractivity (Wildman–Crippen MR) is 107 cm³/mol. The summed E-state index contributed by atoms with van der Waals surface area (Å²) in [6.07, 6.45) is 0. The number of carbonyl (C=O) groups is 1. The van der Waals surface area contributed by atoms with E-state index in [4.69, 9.17) is 11.6 Å². The third-order valence-corrected chi connectivity index (χ3v) is 5.07. The SMILES string of the molecule is Cc1cc(Cl)ccc1N1CC[NH+](CCNC(=O)Nc2ccc(F)cc2)CC1. The molecule has 0 atom stereocenters. The summed E-state index contributed by atoms with van der Waals surface area (Å²) in [6.45, 7) is 7.60. The van der Waals surface area contributed by atoms with Gasteiger partial charge in [0.15, 0.2) is 0 Å². The second-order valence-corrected chi connectivity index (χ2v) is 7.24. The molecule has 1 aliphatic rings. The maximum Gasteiger partial charge on any atom is 0.319 e. The molecule has 27 heavy (non-hydrogen) atoms. The summed E-state index contributed by atoms with van der Waals surface area (Å²) >= 11 is 6.04. The van der Waals surface area contributed by atoms with Crippen molar-refractivity contribution in [1.82, 2.24) is 5.32 Å². The fourth-order valence-electron chi connectivity index (χ4n) is 3.35. The molecular weight excluding hydrogens is 367 g/mol. The number of quaternary nitrogens is 1. The second-order valence-electron chi connectivity index (χ2n) is 6.81. The number of rotatable bonds is 5. The van der Waals surface area contributed by atoms with Crippen molar-refractivity contribution in [3.05, 3.63) is 58.9 Å². The molecule has 2 aromatic rings. The molecule has 1 saturated heterocycles. The first-order valence-corrected chi connectivity index (χ1v) is 9.54. The van der Waals surface area contributed by atoms with Crippen LogP contribution >= 0.6 is 11.6 Å². The zero-order valence-electron chi connectivity index (χ0n) is 15.4. The van der Waals surface area contributed by atoms with Crippen LogP contribution in [0.1, 0.15) is 5.56 Å². The van der Waals surface area contributed by atoms with Crippen LogP contribution in [-0.4, -0.2) is 45.3 Å². The molecule has 5 nitrogen and oxygen atoms in total. The van der Waals surface area contributed by atoms with E-state index in [1.807, 2.05) is 12.1 Å². The van der Waals surface area contributed by atoms with Crippen LogP contribution in [0.15, 0.2) is 42.5 Å². The van der Waals surface area contributed by atoms with E-state index in [1.165, 1.54) is 40.4 Å². The number of anilines is 2. The van der Waals surface area contributed by atoms with E-state index in [0.29, 0.717) is 12.2 Å². The van der Waals surface area contributed by atoms with Crippen LogP contribution in [0.3, 0.4) is 0 Å². The van der Waals surface area contributed by atoms with Crippen molar-refractivity contribution in [3.8, 4) is 0 Å². The number of carbonyl (C=O) groups excluding carboxylic acids is 1. The Morgan fingerprint density at radius 2 is 1.89 bits per heavy atom. The van der Waals surface area contributed by atoms with E-state index >= 15 is 0 Å². The van der Waals surface area contributed by atoms with Crippen molar-refractivity contribution in [1.29, 1.82) is 0 Å². The zero-order chi connectivity index (χ0) is 19.2. The Labute approximate surface area is 164 Å². The minimum absolute atomic E-state index is 0.267. The molecule has 2 aromatic carbocycles. The topological polar surface area (TPSA) is 48.8 Å². The number of aryl methyl sites for hydroxylation is 1. The second kappa shape index (κ2) is 9.06. The summed E-state index contributed by atoms with van der Waals surface area (Å²) in [5, 5.41) is 6.33. The molecule has 0 saturated carbocycles. The van der Waals surface area contributed by atoms with Gasteiger partial charge in [-0.15, -0.1) is 0 Å². The summed E-state index contributed by atoms with van der Waals surface area (Å²) in [5.41, 5.74) is 3.02. The lowest BCUT2D eigenvalue weighted by atomic mass is 10.1. The molecule has 144 valence electrons. The Bertz CT molecular complexity index is 776. The fraction of sp³-hybridized carbons (Fsp3) is 0.350. The molecule has 2 amide bonds. The molecule has 0 radical (unpaired) electrons. The van der Waals surface area contributed by atoms with Gasteiger partial charge in [0.1, 0.15) is 5.82 Å². The smallest absolute Gasteiger partial charge is 0.319 e. The lowest BCUT2D eigenvalue weighted by Gasteiger charge is -2.34. The highest BCUT2D eigenvalue weighted by Crippen LogP contribution is 2.23. The highest BCUT2D eigenvalue weighted by molar-refractivity contribution is 6.30. The van der Waals surface area contributed by atoms with Crippen LogP contribution in [0.25, 0.3) is 0 Å². The van der Waals surface area contributed by atoms with Gasteiger partial charge in [-0.25, -0.2) is 9.18 Å². The maximum absolute atomic E-state index is 12.9. The van der Waals surface area contributed by atoms with Crippen LogP contribution in [0.2, 0.25) is 5.02 Å². The van der Waals surface area contributed by atoms with E-state index in [9.17, 15) is 9.18 Å². The summed E-state index contributed by atoms with van der Waals surface area (Å²) < 4.78 is 12.9. The predicted octanol–water partition coefficient (Wildman–Crippen LogP) is 2.31. The van der Waals surface area contributed by atoms with E-state index in [2.05, 4.69) is 28.5 Å². The van der Waals surface area contributed by atoms with Gasteiger partial charge in [0.2, 0.25) is 0 Å². The van der Waals surface area contributed by atoms with Gasteiger partial charge >= 0.3 is 6.03 Å². The number of urea groups is 1. The van der Waals surface area contributed by atoms with Crippen molar-refractivity contribution < 1.29 is 14.1 Å². The van der Waals surface area contributed by atoms with Gasteiger partial charge in [0.05, 0.1) is 39.3 Å². The monoisotopic (exact) mass is 391 g/mol. The average molecular weight is 392 g/mol. The quantitative estimate of drug-likeness (QED) is 0.732. The zero-order valence-corrected chi connectivity index (χ0v) is 16.2. The molecule has 3 rings (SSSR count). The first-order valence-electron chi connectivity index (χ1n) is 9.16. The first kappa shape index (κ1) is 19.5. The van der Waals surface area contributed by atoms with Crippen molar-refractivity contribution in [3.63, 3.8) is 0 Å². The number of amides is 2. The summed E-state index contributed by atoms with van der Waals surface area (Å²) in [4.78, 5) is 15.8. The van der Waals surface area contributed by atoms with Gasteiger partial charge in [-0.1, -0.05) is 11.6 Å². The first-order chi connectivity index (χ1) is 13.0. The Balaban J connectivity index is 1.38. The molecule has 1 aliphatic heterocycles. The minimum Gasteiger partial charge on any atom is -0.360 e. The van der Waals surface area contributed by atoms with Gasteiger partial charge in [0.25, 0.3) is 0 Å².